The fraction of sp³-hybridized carbons (Fsp3) is 0.471. The topological polar surface area (TPSA) is 75.7 Å². The lowest BCUT2D eigenvalue weighted by atomic mass is 10.1. The van der Waals surface area contributed by atoms with Crippen LogP contribution in [0.4, 0.5) is 0 Å². The molecule has 1 unspecified atom stereocenters. The minimum absolute atomic E-state index is 0.159. The first-order chi connectivity index (χ1) is 11.4. The number of hydrogen-bond acceptors (Lipinski definition) is 4. The van der Waals surface area contributed by atoms with Crippen LogP contribution in [-0.2, 0) is 14.8 Å². The summed E-state index contributed by atoms with van der Waals surface area (Å²) in [7, 11) is -3.21. The van der Waals surface area contributed by atoms with Gasteiger partial charge in [0.05, 0.1) is 12.9 Å². The maximum absolute atomic E-state index is 12.1. The number of carbonyl (C=O) groups excluding carboxylic acids is 1. The average molecular weight is 352 g/mol. The van der Waals surface area contributed by atoms with Crippen molar-refractivity contribution in [3.63, 3.8) is 0 Å². The van der Waals surface area contributed by atoms with E-state index in [0.717, 1.165) is 24.2 Å². The molecule has 0 saturated carbocycles. The third kappa shape index (κ3) is 5.35. The number of amides is 1. The number of para-hydroxylation sites is 1. The molecule has 132 valence electrons. The quantitative estimate of drug-likeness (QED) is 0.790. The predicted octanol–water partition coefficient (Wildman–Crippen LogP) is 1.64. The van der Waals surface area contributed by atoms with Crippen LogP contribution in [0.3, 0.4) is 0 Å². The maximum atomic E-state index is 12.1. The summed E-state index contributed by atoms with van der Waals surface area (Å²) in [5.74, 6) is 0.492. The Hall–Kier alpha value is -1.86. The Balaban J connectivity index is 1.96. The molecule has 1 N–H and O–H groups in total. The Morgan fingerprint density at radius 1 is 1.42 bits per heavy atom. The standard InChI is InChI=1S/C17H24N2O4S/c1-3-23-16-9-5-4-7-14(16)10-11-17(20)18-15-8-6-12-19(13-15)24(2,21)22/h4-5,7,9-11,15H,3,6,8,12-13H2,1-2H3,(H,18,20)/b11-10+. The van der Waals surface area contributed by atoms with E-state index < -0.39 is 10.0 Å². The van der Waals surface area contributed by atoms with Crippen LogP contribution >= 0.6 is 0 Å². The van der Waals surface area contributed by atoms with E-state index in [1.54, 1.807) is 6.08 Å². The SMILES string of the molecule is CCOc1ccccc1/C=C/C(=O)NC1CCCN(S(C)(=O)=O)C1. The second kappa shape index (κ2) is 8.30. The molecule has 0 aliphatic carbocycles. The molecule has 1 atom stereocenters. The van der Waals surface area contributed by atoms with E-state index in [9.17, 15) is 13.2 Å². The van der Waals surface area contributed by atoms with E-state index >= 15 is 0 Å². The van der Waals surface area contributed by atoms with Crippen LogP contribution < -0.4 is 10.1 Å². The summed E-state index contributed by atoms with van der Waals surface area (Å²) in [6.07, 6.45) is 5.88. The highest BCUT2D eigenvalue weighted by Gasteiger charge is 2.26. The summed E-state index contributed by atoms with van der Waals surface area (Å²) >= 11 is 0. The Morgan fingerprint density at radius 3 is 2.88 bits per heavy atom. The summed E-state index contributed by atoms with van der Waals surface area (Å²) in [5, 5.41) is 2.87. The number of piperidine rings is 1. The summed E-state index contributed by atoms with van der Waals surface area (Å²) in [5.41, 5.74) is 0.830. The smallest absolute Gasteiger partial charge is 0.244 e. The second-order valence-electron chi connectivity index (χ2n) is 5.77. The monoisotopic (exact) mass is 352 g/mol. The number of benzene rings is 1. The van der Waals surface area contributed by atoms with Gasteiger partial charge in [-0.05, 0) is 31.9 Å². The van der Waals surface area contributed by atoms with Crippen molar-refractivity contribution in [2.45, 2.75) is 25.8 Å². The number of sulfonamides is 1. The van der Waals surface area contributed by atoms with Crippen molar-refractivity contribution in [3.8, 4) is 5.75 Å². The van der Waals surface area contributed by atoms with Crippen molar-refractivity contribution in [2.24, 2.45) is 0 Å². The van der Waals surface area contributed by atoms with E-state index in [1.807, 2.05) is 31.2 Å². The third-order valence-corrected chi connectivity index (χ3v) is 5.10. The summed E-state index contributed by atoms with van der Waals surface area (Å²) in [6.45, 7) is 3.31. The van der Waals surface area contributed by atoms with Crippen LogP contribution in [0.2, 0.25) is 0 Å². The molecule has 1 saturated heterocycles. The van der Waals surface area contributed by atoms with E-state index in [-0.39, 0.29) is 11.9 Å². The van der Waals surface area contributed by atoms with Crippen LogP contribution in [0.15, 0.2) is 30.3 Å². The molecule has 1 aromatic carbocycles. The number of nitrogens with one attached hydrogen (secondary N) is 1. The average Bonchev–Trinajstić information content (AvgIpc) is 2.54. The van der Waals surface area contributed by atoms with Gasteiger partial charge in [0.1, 0.15) is 5.75 Å². The molecule has 0 bridgehead atoms. The van der Waals surface area contributed by atoms with Gasteiger partial charge in [-0.1, -0.05) is 18.2 Å². The molecule has 1 heterocycles. The molecule has 0 spiro atoms. The van der Waals surface area contributed by atoms with E-state index in [4.69, 9.17) is 4.74 Å². The molecule has 6 nitrogen and oxygen atoms in total. The lowest BCUT2D eigenvalue weighted by Gasteiger charge is -2.31. The van der Waals surface area contributed by atoms with Gasteiger partial charge in [-0.2, -0.15) is 0 Å². The van der Waals surface area contributed by atoms with Crippen molar-refractivity contribution in [2.75, 3.05) is 26.0 Å². The van der Waals surface area contributed by atoms with Crippen LogP contribution in [0.25, 0.3) is 6.08 Å². The first-order valence-electron chi connectivity index (χ1n) is 8.05. The molecule has 1 aliphatic heterocycles. The molecular formula is C17H24N2O4S. The molecule has 1 amide bonds. The number of ether oxygens (including phenoxy) is 1. The Labute approximate surface area is 143 Å². The molecule has 0 aromatic heterocycles. The van der Waals surface area contributed by atoms with Crippen molar-refractivity contribution < 1.29 is 17.9 Å². The second-order valence-corrected chi connectivity index (χ2v) is 7.76. The van der Waals surface area contributed by atoms with Gasteiger partial charge in [0.25, 0.3) is 0 Å². The van der Waals surface area contributed by atoms with Crippen LogP contribution in [-0.4, -0.2) is 50.6 Å². The minimum Gasteiger partial charge on any atom is -0.493 e. The number of carbonyl (C=O) groups is 1. The Kier molecular flexibility index (Phi) is 6.39. The zero-order valence-electron chi connectivity index (χ0n) is 14.1. The van der Waals surface area contributed by atoms with Crippen molar-refractivity contribution in [1.82, 2.24) is 9.62 Å². The number of rotatable bonds is 6. The molecule has 24 heavy (non-hydrogen) atoms. The number of hydrogen-bond donors (Lipinski definition) is 1. The Morgan fingerprint density at radius 2 is 2.17 bits per heavy atom. The summed E-state index contributed by atoms with van der Waals surface area (Å²) < 4.78 is 30.2. The highest BCUT2D eigenvalue weighted by atomic mass is 32.2. The Bertz CT molecular complexity index is 700. The molecule has 2 rings (SSSR count). The molecule has 1 aliphatic rings. The fourth-order valence-corrected chi connectivity index (χ4v) is 3.59. The van der Waals surface area contributed by atoms with Gasteiger partial charge in [0.15, 0.2) is 0 Å². The zero-order valence-corrected chi connectivity index (χ0v) is 14.9. The van der Waals surface area contributed by atoms with E-state index in [1.165, 1.54) is 16.6 Å². The highest BCUT2D eigenvalue weighted by Crippen LogP contribution is 2.19. The summed E-state index contributed by atoms with van der Waals surface area (Å²) in [6, 6.07) is 7.33. The van der Waals surface area contributed by atoms with E-state index in [2.05, 4.69) is 5.32 Å². The van der Waals surface area contributed by atoms with E-state index in [0.29, 0.717) is 19.7 Å². The van der Waals surface area contributed by atoms with Gasteiger partial charge in [0.2, 0.25) is 15.9 Å². The van der Waals surface area contributed by atoms with Crippen molar-refractivity contribution in [1.29, 1.82) is 0 Å². The van der Waals surface area contributed by atoms with Gasteiger partial charge in [-0.25, -0.2) is 12.7 Å². The molecule has 0 radical (unpaired) electrons. The van der Waals surface area contributed by atoms with Crippen molar-refractivity contribution >= 4 is 22.0 Å². The summed E-state index contributed by atoms with van der Waals surface area (Å²) in [4.78, 5) is 12.1. The van der Waals surface area contributed by atoms with Crippen molar-refractivity contribution in [3.05, 3.63) is 35.9 Å². The van der Waals surface area contributed by atoms with Gasteiger partial charge in [-0.3, -0.25) is 4.79 Å². The largest absolute Gasteiger partial charge is 0.493 e. The normalized spacial score (nSPS) is 19.3. The van der Waals surface area contributed by atoms with Crippen LogP contribution in [0, 0.1) is 0 Å². The van der Waals surface area contributed by atoms with Crippen LogP contribution in [0.5, 0.6) is 5.75 Å². The molecule has 7 heteroatoms. The molecular weight excluding hydrogens is 328 g/mol. The fourth-order valence-electron chi connectivity index (χ4n) is 2.68. The van der Waals surface area contributed by atoms with Gasteiger partial charge in [0, 0.05) is 30.8 Å². The minimum atomic E-state index is -3.21. The zero-order chi connectivity index (χ0) is 17.6. The first-order valence-corrected chi connectivity index (χ1v) is 9.90. The molecule has 1 aromatic rings. The van der Waals surface area contributed by atoms with Gasteiger partial charge in [-0.15, -0.1) is 0 Å². The molecule has 1 fully saturated rings. The maximum Gasteiger partial charge on any atom is 0.244 e. The van der Waals surface area contributed by atoms with Gasteiger partial charge >= 0.3 is 0 Å². The number of nitrogens with zero attached hydrogens (tertiary/aromatic N) is 1. The highest BCUT2D eigenvalue weighted by molar-refractivity contribution is 7.88. The van der Waals surface area contributed by atoms with Crippen LogP contribution in [0.1, 0.15) is 25.3 Å². The third-order valence-electron chi connectivity index (χ3n) is 3.83. The van der Waals surface area contributed by atoms with Gasteiger partial charge < -0.3 is 10.1 Å². The predicted molar refractivity (Wildman–Crippen MR) is 94.2 cm³/mol. The lowest BCUT2D eigenvalue weighted by Crippen LogP contribution is -2.48. The lowest BCUT2D eigenvalue weighted by molar-refractivity contribution is -0.117. The first kappa shape index (κ1) is 18.5.